The summed E-state index contributed by atoms with van der Waals surface area (Å²) in [6.45, 7) is 11.9. The minimum absolute atomic E-state index is 0.0721. The minimum atomic E-state index is -1.02. The van der Waals surface area contributed by atoms with Crippen molar-refractivity contribution in [1.29, 1.82) is 0 Å². The molecule has 9 heteroatoms. The van der Waals surface area contributed by atoms with Gasteiger partial charge in [0, 0.05) is 35.3 Å². The molecule has 268 valence electrons. The molecule has 9 nitrogen and oxygen atoms in total. The fourth-order valence-corrected chi connectivity index (χ4v) is 7.33. The van der Waals surface area contributed by atoms with Gasteiger partial charge in [-0.3, -0.25) is 19.2 Å². The van der Waals surface area contributed by atoms with Gasteiger partial charge in [0.05, 0.1) is 30.8 Å². The predicted octanol–water partition coefficient (Wildman–Crippen LogP) is 7.08. The molecule has 1 aromatic heterocycles. The van der Waals surface area contributed by atoms with Crippen LogP contribution in [0.4, 0.5) is 0 Å². The van der Waals surface area contributed by atoms with Crippen LogP contribution in [0, 0.1) is 17.3 Å². The molecule has 0 radical (unpaired) electrons. The number of cyclic esters (lactones) is 1. The highest BCUT2D eigenvalue weighted by atomic mass is 16.5. The van der Waals surface area contributed by atoms with Gasteiger partial charge in [-0.25, -0.2) is 4.98 Å². The van der Waals surface area contributed by atoms with Gasteiger partial charge < -0.3 is 19.7 Å². The van der Waals surface area contributed by atoms with Crippen LogP contribution in [0.1, 0.15) is 78.2 Å². The fraction of sp³-hybridized carbons (Fsp3) is 0.452. The molecule has 0 unspecified atom stereocenters. The van der Waals surface area contributed by atoms with Crippen molar-refractivity contribution in [2.75, 3.05) is 13.2 Å². The van der Waals surface area contributed by atoms with Gasteiger partial charge in [-0.05, 0) is 49.3 Å². The van der Waals surface area contributed by atoms with E-state index in [4.69, 9.17) is 14.5 Å². The van der Waals surface area contributed by atoms with Gasteiger partial charge in [0.2, 0.25) is 11.8 Å². The number of nitrogens with zero attached hydrogens (tertiary/aromatic N) is 2. The number of carbonyl (C=O) groups is 4. The molecule has 5 atom stereocenters. The molecule has 2 aromatic carbocycles. The largest absolute Gasteiger partial charge is 0.488 e. The van der Waals surface area contributed by atoms with Crippen LogP contribution < -0.4 is 10.1 Å². The van der Waals surface area contributed by atoms with Crippen molar-refractivity contribution in [2.24, 2.45) is 17.3 Å². The first-order valence-corrected chi connectivity index (χ1v) is 18.2. The number of rotatable bonds is 8. The van der Waals surface area contributed by atoms with E-state index in [1.54, 1.807) is 11.0 Å². The van der Waals surface area contributed by atoms with Crippen molar-refractivity contribution in [3.63, 3.8) is 0 Å². The van der Waals surface area contributed by atoms with Gasteiger partial charge in [0.15, 0.2) is 5.78 Å². The standard InChI is InChI=1S/C42H49N3O6/c1-6-8-12-30-22-38(47)50-20-19-41(4,5)18-17-28-15-16-34-33(21-28)37(24-35(43-34)29-13-10-9-11-14-29)51-32-23-36(45(26-32)40(30)49)39(48)44-42(27(3)46)25-31(42)7-2/h7,9-11,13-18,21,24,30-32,36H,2,6,8,12,19-20,22-23,25-26H2,1,3-5H3,(H,44,48)/b18-17+/t30-,31-,32-,36+,42+/m1/s1. The summed E-state index contributed by atoms with van der Waals surface area (Å²) in [5, 5.41) is 3.82. The van der Waals surface area contributed by atoms with Crippen molar-refractivity contribution in [3.8, 4) is 17.0 Å². The van der Waals surface area contributed by atoms with Crippen LogP contribution in [0.5, 0.6) is 5.75 Å². The second kappa shape index (κ2) is 14.8. The van der Waals surface area contributed by atoms with Crippen molar-refractivity contribution in [1.82, 2.24) is 15.2 Å². The zero-order chi connectivity index (χ0) is 36.3. The molecule has 2 fully saturated rings. The molecular formula is C42H49N3O6. The van der Waals surface area contributed by atoms with E-state index in [9.17, 15) is 19.2 Å². The number of pyridine rings is 1. The lowest BCUT2D eigenvalue weighted by atomic mass is 9.88. The van der Waals surface area contributed by atoms with Crippen LogP contribution in [-0.2, 0) is 23.9 Å². The third-order valence-electron chi connectivity index (χ3n) is 10.7. The number of fused-ring (bicyclic) bond motifs is 3. The summed E-state index contributed by atoms with van der Waals surface area (Å²) in [5.74, 6) is -1.48. The van der Waals surface area contributed by atoms with Gasteiger partial charge >= 0.3 is 5.97 Å². The number of aromatic nitrogens is 1. The first kappa shape index (κ1) is 36.0. The van der Waals surface area contributed by atoms with E-state index in [1.807, 2.05) is 61.5 Å². The summed E-state index contributed by atoms with van der Waals surface area (Å²) in [5.41, 5.74) is 2.12. The fourth-order valence-electron chi connectivity index (χ4n) is 7.33. The molecule has 1 N–H and O–H groups in total. The minimum Gasteiger partial charge on any atom is -0.488 e. The summed E-state index contributed by atoms with van der Waals surface area (Å²) >= 11 is 0. The number of esters is 1. The molecule has 6 rings (SSSR count). The van der Waals surface area contributed by atoms with E-state index in [0.717, 1.165) is 40.6 Å². The predicted molar refractivity (Wildman–Crippen MR) is 198 cm³/mol. The Morgan fingerprint density at radius 1 is 1.12 bits per heavy atom. The molecule has 2 aliphatic heterocycles. The summed E-state index contributed by atoms with van der Waals surface area (Å²) in [6, 6.07) is 17.0. The lowest BCUT2D eigenvalue weighted by molar-refractivity contribution is -0.151. The molecule has 3 aliphatic rings. The zero-order valence-electron chi connectivity index (χ0n) is 30.2. The van der Waals surface area contributed by atoms with E-state index in [-0.39, 0.29) is 49.0 Å². The number of Topliss-reactive ketones (excluding diaryl/α,β-unsaturated/α-hetero) is 1. The summed E-state index contributed by atoms with van der Waals surface area (Å²) < 4.78 is 12.5. The highest BCUT2D eigenvalue weighted by molar-refractivity contribution is 5.98. The molecule has 2 amide bonds. The smallest absolute Gasteiger partial charge is 0.306 e. The number of hydrogen-bond donors (Lipinski definition) is 1. The van der Waals surface area contributed by atoms with Gasteiger partial charge in [-0.1, -0.05) is 88.2 Å². The molecule has 1 saturated carbocycles. The average Bonchev–Trinajstić information content (AvgIpc) is 3.68. The Labute approximate surface area is 300 Å². The summed E-state index contributed by atoms with van der Waals surface area (Å²) in [7, 11) is 0. The third-order valence-corrected chi connectivity index (χ3v) is 10.7. The number of allylic oxidation sites excluding steroid dienone is 1. The lowest BCUT2D eigenvalue weighted by Crippen LogP contribution is -2.53. The SMILES string of the molecule is C=C[C@@H]1C[C@]1(NC(=O)[C@@H]1C[C@@H]2CN1C(=O)[C@H](CCCC)CC(=O)OCCC(C)(C)/C=C/c1ccc3nc(-c4ccccc4)cc(c3c1)O2)C(C)=O. The first-order valence-electron chi connectivity index (χ1n) is 18.2. The second-order valence-electron chi connectivity index (χ2n) is 15.0. The summed E-state index contributed by atoms with van der Waals surface area (Å²) in [4.78, 5) is 61.0. The number of unbranched alkanes of at least 4 members (excludes halogenated alkanes) is 1. The maximum Gasteiger partial charge on any atom is 0.306 e. The number of ether oxygens (including phenoxy) is 2. The molecule has 3 heterocycles. The van der Waals surface area contributed by atoms with Crippen molar-refractivity contribution in [3.05, 3.63) is 78.9 Å². The Balaban J connectivity index is 1.42. The number of nitrogens with one attached hydrogen (secondary N) is 1. The highest BCUT2D eigenvalue weighted by Crippen LogP contribution is 2.45. The van der Waals surface area contributed by atoms with E-state index in [2.05, 4.69) is 37.9 Å². The van der Waals surface area contributed by atoms with Crippen molar-refractivity contribution in [2.45, 2.75) is 90.3 Å². The van der Waals surface area contributed by atoms with E-state index in [0.29, 0.717) is 25.0 Å². The van der Waals surface area contributed by atoms with E-state index >= 15 is 0 Å². The average molecular weight is 692 g/mol. The van der Waals surface area contributed by atoms with Crippen LogP contribution in [0.15, 0.2) is 73.3 Å². The number of amides is 2. The maximum atomic E-state index is 14.5. The molecular weight excluding hydrogens is 642 g/mol. The summed E-state index contributed by atoms with van der Waals surface area (Å²) in [6.07, 6.45) is 8.63. The van der Waals surface area contributed by atoms with Gasteiger partial charge in [0.25, 0.3) is 0 Å². The van der Waals surface area contributed by atoms with Gasteiger partial charge in [-0.15, -0.1) is 6.58 Å². The van der Waals surface area contributed by atoms with Crippen molar-refractivity contribution >= 4 is 40.5 Å². The number of hydrogen-bond acceptors (Lipinski definition) is 7. The number of ketones is 1. The Bertz CT molecular complexity index is 1850. The van der Waals surface area contributed by atoms with Crippen LogP contribution in [-0.4, -0.2) is 64.3 Å². The van der Waals surface area contributed by atoms with Crippen LogP contribution in [0.3, 0.4) is 0 Å². The Hall–Kier alpha value is -4.79. The number of benzene rings is 2. The van der Waals surface area contributed by atoms with E-state index < -0.39 is 35.5 Å². The molecule has 51 heavy (non-hydrogen) atoms. The first-order chi connectivity index (χ1) is 24.4. The Kier molecular flexibility index (Phi) is 10.5. The van der Waals surface area contributed by atoms with Gasteiger partial charge in [0.1, 0.15) is 23.4 Å². The van der Waals surface area contributed by atoms with Gasteiger partial charge in [-0.2, -0.15) is 0 Å². The van der Waals surface area contributed by atoms with Crippen molar-refractivity contribution < 1.29 is 28.7 Å². The topological polar surface area (TPSA) is 115 Å². The third kappa shape index (κ3) is 7.92. The highest BCUT2D eigenvalue weighted by Gasteiger charge is 2.58. The molecule has 1 saturated heterocycles. The maximum absolute atomic E-state index is 14.5. The van der Waals surface area contributed by atoms with Crippen LogP contribution in [0.25, 0.3) is 28.2 Å². The quantitative estimate of drug-likeness (QED) is 0.198. The van der Waals surface area contributed by atoms with Crippen LogP contribution in [0.2, 0.25) is 0 Å². The Morgan fingerprint density at radius 2 is 1.90 bits per heavy atom. The lowest BCUT2D eigenvalue weighted by Gasteiger charge is -2.29. The second-order valence-corrected chi connectivity index (χ2v) is 15.0. The number of carbonyl (C=O) groups excluding carboxylic acids is 4. The monoisotopic (exact) mass is 691 g/mol. The normalized spacial score (nSPS) is 26.8. The molecule has 4 bridgehead atoms. The zero-order valence-corrected chi connectivity index (χ0v) is 30.2. The van der Waals surface area contributed by atoms with Crippen LogP contribution >= 0.6 is 0 Å². The van der Waals surface area contributed by atoms with E-state index in [1.165, 1.54) is 6.92 Å². The molecule has 1 aliphatic carbocycles. The molecule has 0 spiro atoms. The Morgan fingerprint density at radius 3 is 2.61 bits per heavy atom. The molecule has 3 aromatic rings.